The SMILES string of the molecule is CCc1ccc(C(=O)NCC2CCCO2)cc1S(N)(=O)=O. The molecule has 116 valence electrons. The molecule has 3 N–H and O–H groups in total. The van der Waals surface area contributed by atoms with Crippen molar-refractivity contribution in [3.05, 3.63) is 29.3 Å². The van der Waals surface area contributed by atoms with Gasteiger partial charge in [0.15, 0.2) is 0 Å². The molecule has 21 heavy (non-hydrogen) atoms. The molecule has 0 bridgehead atoms. The summed E-state index contributed by atoms with van der Waals surface area (Å²) >= 11 is 0. The second-order valence-corrected chi connectivity index (χ2v) is 6.60. The molecule has 1 amide bonds. The highest BCUT2D eigenvalue weighted by Crippen LogP contribution is 2.17. The van der Waals surface area contributed by atoms with Gasteiger partial charge in [-0.2, -0.15) is 0 Å². The summed E-state index contributed by atoms with van der Waals surface area (Å²) in [6, 6.07) is 4.57. The molecule has 7 heteroatoms. The number of hydrogen-bond donors (Lipinski definition) is 2. The topological polar surface area (TPSA) is 98.5 Å². The number of hydrogen-bond acceptors (Lipinski definition) is 4. The highest BCUT2D eigenvalue weighted by atomic mass is 32.2. The fourth-order valence-corrected chi connectivity index (χ4v) is 3.24. The Balaban J connectivity index is 2.13. The van der Waals surface area contributed by atoms with E-state index in [1.165, 1.54) is 6.07 Å². The van der Waals surface area contributed by atoms with E-state index < -0.39 is 10.0 Å². The van der Waals surface area contributed by atoms with Gasteiger partial charge < -0.3 is 10.1 Å². The monoisotopic (exact) mass is 312 g/mol. The number of rotatable bonds is 5. The Labute approximate surface area is 124 Å². The highest BCUT2D eigenvalue weighted by molar-refractivity contribution is 7.89. The second-order valence-electron chi connectivity index (χ2n) is 5.07. The van der Waals surface area contributed by atoms with E-state index in [4.69, 9.17) is 9.88 Å². The molecule has 6 nitrogen and oxygen atoms in total. The van der Waals surface area contributed by atoms with E-state index in [1.807, 2.05) is 6.92 Å². The number of carbonyl (C=O) groups is 1. The molecule has 1 aromatic carbocycles. The summed E-state index contributed by atoms with van der Waals surface area (Å²) in [5.41, 5.74) is 0.891. The quantitative estimate of drug-likeness (QED) is 0.840. The number of primary sulfonamides is 1. The number of nitrogens with two attached hydrogens (primary N) is 1. The predicted octanol–water partition coefficient (Wildman–Crippen LogP) is 0.805. The molecule has 1 atom stereocenters. The van der Waals surface area contributed by atoms with Gasteiger partial charge in [-0.15, -0.1) is 0 Å². The largest absolute Gasteiger partial charge is 0.376 e. The van der Waals surface area contributed by atoms with Gasteiger partial charge in [-0.1, -0.05) is 13.0 Å². The van der Waals surface area contributed by atoms with E-state index in [9.17, 15) is 13.2 Å². The summed E-state index contributed by atoms with van der Waals surface area (Å²) in [4.78, 5) is 12.1. The minimum Gasteiger partial charge on any atom is -0.376 e. The number of benzene rings is 1. The van der Waals surface area contributed by atoms with Gasteiger partial charge in [-0.05, 0) is 37.0 Å². The lowest BCUT2D eigenvalue weighted by Crippen LogP contribution is -2.32. The van der Waals surface area contributed by atoms with E-state index in [-0.39, 0.29) is 22.5 Å². The zero-order valence-corrected chi connectivity index (χ0v) is 12.8. The smallest absolute Gasteiger partial charge is 0.251 e. The number of sulfonamides is 1. The fraction of sp³-hybridized carbons (Fsp3) is 0.500. The van der Waals surface area contributed by atoms with E-state index in [2.05, 4.69) is 5.32 Å². The molecule has 0 spiro atoms. The van der Waals surface area contributed by atoms with Gasteiger partial charge in [0.2, 0.25) is 10.0 Å². The molecule has 2 rings (SSSR count). The average Bonchev–Trinajstić information content (AvgIpc) is 2.96. The molecule has 1 aliphatic heterocycles. The molecule has 1 aliphatic rings. The number of aryl methyl sites for hydroxylation is 1. The first kappa shape index (κ1) is 15.9. The summed E-state index contributed by atoms with van der Waals surface area (Å²) in [7, 11) is -3.84. The van der Waals surface area contributed by atoms with Crippen molar-refractivity contribution in [3.63, 3.8) is 0 Å². The van der Waals surface area contributed by atoms with E-state index >= 15 is 0 Å². The van der Waals surface area contributed by atoms with E-state index in [0.717, 1.165) is 19.4 Å². The molecule has 0 aliphatic carbocycles. The van der Waals surface area contributed by atoms with Crippen LogP contribution in [-0.4, -0.2) is 33.6 Å². The Morgan fingerprint density at radius 2 is 2.24 bits per heavy atom. The number of carbonyl (C=O) groups excluding carboxylic acids is 1. The zero-order chi connectivity index (χ0) is 15.5. The van der Waals surface area contributed by atoms with E-state index in [0.29, 0.717) is 18.5 Å². The Morgan fingerprint density at radius 3 is 2.81 bits per heavy atom. The standard InChI is InChI=1S/C14H20N2O4S/c1-2-10-5-6-11(8-13(10)21(15,18)19)14(17)16-9-12-4-3-7-20-12/h5-6,8,12H,2-4,7,9H2,1H3,(H,16,17)(H2,15,18,19). The van der Waals surface area contributed by atoms with Gasteiger partial charge in [0.25, 0.3) is 5.91 Å². The van der Waals surface area contributed by atoms with Crippen LogP contribution in [0.5, 0.6) is 0 Å². The summed E-state index contributed by atoms with van der Waals surface area (Å²) in [6.07, 6.45) is 2.50. The van der Waals surface area contributed by atoms with Gasteiger partial charge in [-0.3, -0.25) is 4.79 Å². The Bertz CT molecular complexity index is 622. The molecule has 1 fully saturated rings. The minimum absolute atomic E-state index is 0.00904. The van der Waals surface area contributed by atoms with Crippen molar-refractivity contribution in [2.45, 2.75) is 37.2 Å². The number of ether oxygens (including phenoxy) is 1. The minimum atomic E-state index is -3.84. The summed E-state index contributed by atoms with van der Waals surface area (Å²) in [6.45, 7) is 2.99. The van der Waals surface area contributed by atoms with E-state index in [1.54, 1.807) is 12.1 Å². The lowest BCUT2D eigenvalue weighted by atomic mass is 10.1. The Morgan fingerprint density at radius 1 is 1.48 bits per heavy atom. The van der Waals surface area contributed by atoms with Crippen molar-refractivity contribution in [1.29, 1.82) is 0 Å². The average molecular weight is 312 g/mol. The van der Waals surface area contributed by atoms with Gasteiger partial charge in [0.05, 0.1) is 11.0 Å². The van der Waals surface area contributed by atoms with Crippen molar-refractivity contribution in [2.75, 3.05) is 13.2 Å². The molecule has 1 aromatic rings. The van der Waals surface area contributed by atoms with Crippen molar-refractivity contribution in [2.24, 2.45) is 5.14 Å². The zero-order valence-electron chi connectivity index (χ0n) is 12.0. The molecular formula is C14H20N2O4S. The second kappa shape index (κ2) is 6.55. The van der Waals surface area contributed by atoms with Crippen LogP contribution in [0.1, 0.15) is 35.7 Å². The fourth-order valence-electron chi connectivity index (χ4n) is 2.37. The Hall–Kier alpha value is -1.44. The van der Waals surface area contributed by atoms with Crippen LogP contribution in [0.3, 0.4) is 0 Å². The van der Waals surface area contributed by atoms with Gasteiger partial charge in [-0.25, -0.2) is 13.6 Å². The number of nitrogens with one attached hydrogen (secondary N) is 1. The molecular weight excluding hydrogens is 292 g/mol. The molecule has 1 saturated heterocycles. The van der Waals surface area contributed by atoms with Crippen molar-refractivity contribution in [3.8, 4) is 0 Å². The maximum Gasteiger partial charge on any atom is 0.251 e. The third-order valence-electron chi connectivity index (χ3n) is 3.53. The maximum absolute atomic E-state index is 12.1. The summed E-state index contributed by atoms with van der Waals surface area (Å²) in [5, 5.41) is 7.95. The summed E-state index contributed by atoms with van der Waals surface area (Å²) in [5.74, 6) is -0.321. The van der Waals surface area contributed by atoms with Crippen molar-refractivity contribution >= 4 is 15.9 Å². The molecule has 1 heterocycles. The van der Waals surface area contributed by atoms with Crippen LogP contribution in [0.2, 0.25) is 0 Å². The van der Waals surface area contributed by atoms with Gasteiger partial charge in [0, 0.05) is 18.7 Å². The lowest BCUT2D eigenvalue weighted by Gasteiger charge is -2.12. The first-order valence-corrected chi connectivity index (χ1v) is 8.52. The van der Waals surface area contributed by atoms with Crippen LogP contribution in [0, 0.1) is 0 Å². The molecule has 0 radical (unpaired) electrons. The van der Waals surface area contributed by atoms with Gasteiger partial charge in [0.1, 0.15) is 0 Å². The summed E-state index contributed by atoms with van der Waals surface area (Å²) < 4.78 is 28.6. The molecule has 1 unspecified atom stereocenters. The van der Waals surface area contributed by atoms with Crippen LogP contribution >= 0.6 is 0 Å². The van der Waals surface area contributed by atoms with Gasteiger partial charge >= 0.3 is 0 Å². The van der Waals surface area contributed by atoms with Crippen LogP contribution < -0.4 is 10.5 Å². The van der Waals surface area contributed by atoms with Crippen LogP contribution in [0.4, 0.5) is 0 Å². The highest BCUT2D eigenvalue weighted by Gasteiger charge is 2.19. The van der Waals surface area contributed by atoms with Crippen molar-refractivity contribution < 1.29 is 17.9 Å². The predicted molar refractivity (Wildman–Crippen MR) is 78.5 cm³/mol. The Kier molecular flexibility index (Phi) is 4.97. The van der Waals surface area contributed by atoms with Crippen LogP contribution in [-0.2, 0) is 21.2 Å². The third kappa shape index (κ3) is 4.03. The molecule has 0 aromatic heterocycles. The maximum atomic E-state index is 12.1. The van der Waals surface area contributed by atoms with Crippen LogP contribution in [0.25, 0.3) is 0 Å². The number of amides is 1. The normalized spacial score (nSPS) is 18.7. The lowest BCUT2D eigenvalue weighted by molar-refractivity contribution is 0.0857. The third-order valence-corrected chi connectivity index (χ3v) is 4.52. The van der Waals surface area contributed by atoms with Crippen LogP contribution in [0.15, 0.2) is 23.1 Å². The molecule has 0 saturated carbocycles. The van der Waals surface area contributed by atoms with Crippen molar-refractivity contribution in [1.82, 2.24) is 5.32 Å². The first-order chi connectivity index (χ1) is 9.91. The first-order valence-electron chi connectivity index (χ1n) is 6.97.